The molecule has 6 heteroatoms. The lowest BCUT2D eigenvalue weighted by atomic mass is 10.0. The maximum atomic E-state index is 13.9. The molecule has 0 amide bonds. The highest BCUT2D eigenvalue weighted by molar-refractivity contribution is 5.43. The molecule has 1 aromatic rings. The first-order chi connectivity index (χ1) is 9.70. The van der Waals surface area contributed by atoms with E-state index in [-0.39, 0.29) is 5.82 Å². The number of halogens is 1. The highest BCUT2D eigenvalue weighted by Crippen LogP contribution is 2.20. The number of aromatic nitrogens is 2. The summed E-state index contributed by atoms with van der Waals surface area (Å²) in [4.78, 5) is 10.1. The highest BCUT2D eigenvalue weighted by atomic mass is 19.1. The summed E-state index contributed by atoms with van der Waals surface area (Å²) in [5.41, 5.74) is 0. The molecule has 0 radical (unpaired) electrons. The first-order valence-electron chi connectivity index (χ1n) is 7.26. The van der Waals surface area contributed by atoms with Gasteiger partial charge in [0.2, 0.25) is 5.95 Å². The summed E-state index contributed by atoms with van der Waals surface area (Å²) in [6.45, 7) is 5.18. The Hall–Kier alpha value is -1.43. The zero-order valence-electron chi connectivity index (χ0n) is 12.2. The first-order valence-corrected chi connectivity index (χ1v) is 7.26. The SMILES string of the molecule is CCCNc1ncc(F)c(N(C)CC2CCCOC2)n1. The number of nitrogens with one attached hydrogen (secondary N) is 1. The van der Waals surface area contributed by atoms with Gasteiger partial charge in [-0.1, -0.05) is 6.92 Å². The van der Waals surface area contributed by atoms with Gasteiger partial charge in [0.15, 0.2) is 11.6 Å². The summed E-state index contributed by atoms with van der Waals surface area (Å²) in [6, 6.07) is 0. The van der Waals surface area contributed by atoms with Gasteiger partial charge in [0.1, 0.15) is 0 Å². The molecule has 1 atom stereocenters. The van der Waals surface area contributed by atoms with Gasteiger partial charge in [0.25, 0.3) is 0 Å². The summed E-state index contributed by atoms with van der Waals surface area (Å²) < 4.78 is 19.3. The van der Waals surface area contributed by atoms with Crippen LogP contribution in [0.2, 0.25) is 0 Å². The van der Waals surface area contributed by atoms with Crippen molar-refractivity contribution in [3.8, 4) is 0 Å². The Kier molecular flexibility index (Phi) is 5.52. The second-order valence-corrected chi connectivity index (χ2v) is 5.26. The van der Waals surface area contributed by atoms with Crippen LogP contribution < -0.4 is 10.2 Å². The number of anilines is 2. The minimum absolute atomic E-state index is 0.351. The van der Waals surface area contributed by atoms with E-state index in [9.17, 15) is 4.39 Å². The maximum absolute atomic E-state index is 13.9. The third-order valence-corrected chi connectivity index (χ3v) is 3.41. The summed E-state index contributed by atoms with van der Waals surface area (Å²) in [5, 5.41) is 3.08. The summed E-state index contributed by atoms with van der Waals surface area (Å²) in [7, 11) is 1.86. The van der Waals surface area contributed by atoms with Crippen LogP contribution in [-0.4, -0.2) is 43.3 Å². The maximum Gasteiger partial charge on any atom is 0.224 e. The average Bonchev–Trinajstić information content (AvgIpc) is 2.47. The molecule has 1 unspecified atom stereocenters. The third kappa shape index (κ3) is 4.03. The monoisotopic (exact) mass is 282 g/mol. The zero-order chi connectivity index (χ0) is 14.4. The first kappa shape index (κ1) is 15.0. The van der Waals surface area contributed by atoms with Gasteiger partial charge >= 0.3 is 0 Å². The molecule has 20 heavy (non-hydrogen) atoms. The predicted molar refractivity (Wildman–Crippen MR) is 77.6 cm³/mol. The highest BCUT2D eigenvalue weighted by Gasteiger charge is 2.19. The summed E-state index contributed by atoms with van der Waals surface area (Å²) in [6.07, 6.45) is 4.41. The van der Waals surface area contributed by atoms with Gasteiger partial charge in [-0.2, -0.15) is 4.98 Å². The van der Waals surface area contributed by atoms with Crippen molar-refractivity contribution < 1.29 is 9.13 Å². The third-order valence-electron chi connectivity index (χ3n) is 3.41. The molecule has 1 aliphatic rings. The van der Waals surface area contributed by atoms with Gasteiger partial charge in [-0.25, -0.2) is 9.37 Å². The number of rotatable bonds is 6. The fraction of sp³-hybridized carbons (Fsp3) is 0.714. The van der Waals surface area contributed by atoms with Gasteiger partial charge < -0.3 is 15.0 Å². The van der Waals surface area contributed by atoms with E-state index in [0.717, 1.165) is 45.6 Å². The Balaban J connectivity index is 2.01. The molecule has 1 N–H and O–H groups in total. The van der Waals surface area contributed by atoms with Crippen LogP contribution in [0.25, 0.3) is 0 Å². The molecule has 5 nitrogen and oxygen atoms in total. The normalized spacial score (nSPS) is 18.9. The van der Waals surface area contributed by atoms with Crippen molar-refractivity contribution in [2.24, 2.45) is 5.92 Å². The quantitative estimate of drug-likeness (QED) is 0.867. The van der Waals surface area contributed by atoms with E-state index in [0.29, 0.717) is 17.7 Å². The van der Waals surface area contributed by atoms with Crippen LogP contribution in [0.3, 0.4) is 0 Å². The average molecular weight is 282 g/mol. The molecule has 1 fully saturated rings. The van der Waals surface area contributed by atoms with Crippen LogP contribution in [0.4, 0.5) is 16.2 Å². The molecule has 0 saturated carbocycles. The number of hydrogen-bond donors (Lipinski definition) is 1. The van der Waals surface area contributed by atoms with Crippen LogP contribution in [0, 0.1) is 11.7 Å². The van der Waals surface area contributed by atoms with E-state index < -0.39 is 0 Å². The lowest BCUT2D eigenvalue weighted by Gasteiger charge is -2.28. The second kappa shape index (κ2) is 7.38. The van der Waals surface area contributed by atoms with Crippen LogP contribution in [0.1, 0.15) is 26.2 Å². The molecular weight excluding hydrogens is 259 g/mol. The van der Waals surface area contributed by atoms with Crippen LogP contribution in [0.15, 0.2) is 6.20 Å². The van der Waals surface area contributed by atoms with Crippen molar-refractivity contribution in [3.05, 3.63) is 12.0 Å². The van der Waals surface area contributed by atoms with Crippen molar-refractivity contribution in [1.82, 2.24) is 9.97 Å². The standard InChI is InChI=1S/C14H23FN4O/c1-3-6-16-14-17-8-12(15)13(18-14)19(2)9-11-5-4-7-20-10-11/h8,11H,3-7,9-10H2,1-2H3,(H,16,17,18). The van der Waals surface area contributed by atoms with E-state index in [2.05, 4.69) is 22.2 Å². The molecule has 0 aromatic carbocycles. The minimum Gasteiger partial charge on any atom is -0.381 e. The number of nitrogens with zero attached hydrogens (tertiary/aromatic N) is 3. The van der Waals surface area contributed by atoms with E-state index in [1.807, 2.05) is 11.9 Å². The van der Waals surface area contributed by atoms with Crippen LogP contribution in [0.5, 0.6) is 0 Å². The molecule has 112 valence electrons. The molecule has 1 aromatic heterocycles. The fourth-order valence-electron chi connectivity index (χ4n) is 2.37. The lowest BCUT2D eigenvalue weighted by molar-refractivity contribution is 0.0575. The molecule has 0 spiro atoms. The smallest absolute Gasteiger partial charge is 0.224 e. The minimum atomic E-state index is -0.383. The largest absolute Gasteiger partial charge is 0.381 e. The molecule has 2 rings (SSSR count). The van der Waals surface area contributed by atoms with Crippen molar-refractivity contribution in [2.45, 2.75) is 26.2 Å². The second-order valence-electron chi connectivity index (χ2n) is 5.26. The Bertz CT molecular complexity index is 424. The molecule has 0 aliphatic carbocycles. The topological polar surface area (TPSA) is 50.3 Å². The van der Waals surface area contributed by atoms with Gasteiger partial charge in [-0.15, -0.1) is 0 Å². The van der Waals surface area contributed by atoms with Gasteiger partial charge in [-0.3, -0.25) is 0 Å². The molecule has 1 aliphatic heterocycles. The Morgan fingerprint density at radius 3 is 3.10 bits per heavy atom. The van der Waals surface area contributed by atoms with Gasteiger partial charge in [0.05, 0.1) is 12.8 Å². The van der Waals surface area contributed by atoms with E-state index in [1.54, 1.807) is 0 Å². The molecule has 2 heterocycles. The van der Waals surface area contributed by atoms with Gasteiger partial charge in [-0.05, 0) is 25.2 Å². The summed E-state index contributed by atoms with van der Waals surface area (Å²) in [5.74, 6) is 0.889. The Morgan fingerprint density at radius 1 is 1.55 bits per heavy atom. The Morgan fingerprint density at radius 2 is 2.40 bits per heavy atom. The van der Waals surface area contributed by atoms with Gasteiger partial charge in [0, 0.05) is 26.7 Å². The zero-order valence-corrected chi connectivity index (χ0v) is 12.2. The van der Waals surface area contributed by atoms with Crippen LogP contribution >= 0.6 is 0 Å². The van der Waals surface area contributed by atoms with Crippen molar-refractivity contribution in [3.63, 3.8) is 0 Å². The Labute approximate surface area is 119 Å². The fourth-order valence-corrected chi connectivity index (χ4v) is 2.37. The number of ether oxygens (including phenoxy) is 1. The van der Waals surface area contributed by atoms with Crippen molar-refractivity contribution >= 4 is 11.8 Å². The van der Waals surface area contributed by atoms with E-state index >= 15 is 0 Å². The van der Waals surface area contributed by atoms with Crippen LogP contribution in [-0.2, 0) is 4.74 Å². The molecular formula is C14H23FN4O. The molecule has 0 bridgehead atoms. The predicted octanol–water partition coefficient (Wildman–Crippen LogP) is 2.30. The number of hydrogen-bond acceptors (Lipinski definition) is 5. The molecule has 1 saturated heterocycles. The van der Waals surface area contributed by atoms with E-state index in [4.69, 9.17) is 4.74 Å². The van der Waals surface area contributed by atoms with E-state index in [1.165, 1.54) is 6.20 Å². The van der Waals surface area contributed by atoms with Crippen molar-refractivity contribution in [2.75, 3.05) is 43.6 Å². The van der Waals surface area contributed by atoms with Crippen molar-refractivity contribution in [1.29, 1.82) is 0 Å². The summed E-state index contributed by atoms with van der Waals surface area (Å²) >= 11 is 0. The lowest BCUT2D eigenvalue weighted by Crippen LogP contribution is -2.32.